The second-order valence-corrected chi connectivity index (χ2v) is 6.96. The van der Waals surface area contributed by atoms with Gasteiger partial charge in [0.25, 0.3) is 5.91 Å². The molecule has 8 heteroatoms. The van der Waals surface area contributed by atoms with E-state index in [-0.39, 0.29) is 12.0 Å². The molecule has 2 aromatic heterocycles. The molecule has 144 valence electrons. The maximum Gasteiger partial charge on any atom is 0.289 e. The number of furan rings is 1. The first-order valence-electron chi connectivity index (χ1n) is 9.48. The van der Waals surface area contributed by atoms with Crippen molar-refractivity contribution >= 4 is 17.7 Å². The van der Waals surface area contributed by atoms with Gasteiger partial charge in [-0.15, -0.1) is 0 Å². The number of nitrogens with one attached hydrogen (secondary N) is 1. The summed E-state index contributed by atoms with van der Waals surface area (Å²) in [4.78, 5) is 25.6. The van der Waals surface area contributed by atoms with E-state index in [4.69, 9.17) is 9.15 Å². The molecule has 2 aromatic rings. The molecule has 4 rings (SSSR count). The first-order valence-corrected chi connectivity index (χ1v) is 9.48. The Balaban J connectivity index is 1.36. The van der Waals surface area contributed by atoms with Crippen molar-refractivity contribution in [2.75, 3.05) is 49.5 Å². The Morgan fingerprint density at radius 1 is 1.30 bits per heavy atom. The maximum atomic E-state index is 12.4. The minimum Gasteiger partial charge on any atom is -0.459 e. The van der Waals surface area contributed by atoms with Crippen LogP contribution in [-0.2, 0) is 4.74 Å². The molecule has 0 saturated carbocycles. The number of carbonyl (C=O) groups is 1. The first kappa shape index (κ1) is 17.8. The Morgan fingerprint density at radius 2 is 2.15 bits per heavy atom. The van der Waals surface area contributed by atoms with Crippen LogP contribution in [0.1, 0.15) is 29.1 Å². The molecule has 1 amide bonds. The summed E-state index contributed by atoms with van der Waals surface area (Å²) in [6.07, 6.45) is 3.97. The summed E-state index contributed by atoms with van der Waals surface area (Å²) in [5.41, 5.74) is 0.920. The predicted octanol–water partition coefficient (Wildman–Crippen LogP) is 1.93. The molecular weight excluding hydrogens is 346 g/mol. The van der Waals surface area contributed by atoms with E-state index in [1.54, 1.807) is 12.1 Å². The van der Waals surface area contributed by atoms with Gasteiger partial charge >= 0.3 is 0 Å². The number of aromatic nitrogens is 2. The Bertz CT molecular complexity index is 766. The van der Waals surface area contributed by atoms with Crippen molar-refractivity contribution in [2.45, 2.75) is 25.9 Å². The predicted molar refractivity (Wildman–Crippen MR) is 101 cm³/mol. The van der Waals surface area contributed by atoms with Gasteiger partial charge < -0.3 is 24.3 Å². The highest BCUT2D eigenvalue weighted by Gasteiger charge is 2.25. The van der Waals surface area contributed by atoms with Crippen LogP contribution in [-0.4, -0.2) is 66.2 Å². The third kappa shape index (κ3) is 4.21. The molecule has 2 aliphatic heterocycles. The fourth-order valence-electron chi connectivity index (χ4n) is 3.50. The first-order chi connectivity index (χ1) is 13.2. The zero-order valence-corrected chi connectivity index (χ0v) is 15.6. The van der Waals surface area contributed by atoms with Crippen LogP contribution in [0.15, 0.2) is 28.9 Å². The van der Waals surface area contributed by atoms with Crippen LogP contribution in [0.3, 0.4) is 0 Å². The van der Waals surface area contributed by atoms with E-state index in [0.29, 0.717) is 24.8 Å². The van der Waals surface area contributed by atoms with Gasteiger partial charge in [0.15, 0.2) is 5.76 Å². The minimum absolute atomic E-state index is 0.0579. The molecular formula is C19H25N5O3. The van der Waals surface area contributed by atoms with E-state index in [2.05, 4.69) is 20.2 Å². The number of carbonyl (C=O) groups excluding carboxylic acids is 1. The molecule has 0 radical (unpaired) electrons. The average Bonchev–Trinajstić information content (AvgIpc) is 3.39. The van der Waals surface area contributed by atoms with Gasteiger partial charge in [0.1, 0.15) is 5.82 Å². The SMILES string of the molecule is Cc1cc(N2CCN(C(=O)c3ccco3)CC2)nc(NCC2CCCO2)n1. The van der Waals surface area contributed by atoms with Crippen molar-refractivity contribution in [1.82, 2.24) is 14.9 Å². The number of nitrogens with zero attached hydrogens (tertiary/aromatic N) is 4. The summed E-state index contributed by atoms with van der Waals surface area (Å²) in [6.45, 7) is 6.28. The molecule has 27 heavy (non-hydrogen) atoms. The van der Waals surface area contributed by atoms with Crippen LogP contribution in [0, 0.1) is 6.92 Å². The zero-order valence-electron chi connectivity index (χ0n) is 15.6. The number of anilines is 2. The molecule has 0 bridgehead atoms. The summed E-state index contributed by atoms with van der Waals surface area (Å²) in [7, 11) is 0. The lowest BCUT2D eigenvalue weighted by atomic mass is 10.2. The third-order valence-corrected chi connectivity index (χ3v) is 4.98. The standard InChI is InChI=1S/C19H25N5O3/c1-14-12-17(22-19(21-14)20-13-15-4-2-10-26-15)23-6-8-24(9-7-23)18(25)16-5-3-11-27-16/h3,5,11-12,15H,2,4,6-10,13H2,1H3,(H,20,21,22). The fourth-order valence-corrected chi connectivity index (χ4v) is 3.50. The van der Waals surface area contributed by atoms with Crippen LogP contribution < -0.4 is 10.2 Å². The Hall–Kier alpha value is -2.61. The van der Waals surface area contributed by atoms with Crippen LogP contribution in [0.25, 0.3) is 0 Å². The number of amides is 1. The highest BCUT2D eigenvalue weighted by molar-refractivity contribution is 5.91. The minimum atomic E-state index is -0.0579. The topological polar surface area (TPSA) is 83.7 Å². The van der Waals surface area contributed by atoms with E-state index < -0.39 is 0 Å². The van der Waals surface area contributed by atoms with E-state index in [1.807, 2.05) is 17.9 Å². The lowest BCUT2D eigenvalue weighted by Gasteiger charge is -2.35. The van der Waals surface area contributed by atoms with Crippen LogP contribution in [0.4, 0.5) is 11.8 Å². The number of rotatable bonds is 5. The Labute approximate surface area is 158 Å². The summed E-state index contributed by atoms with van der Waals surface area (Å²) in [5, 5.41) is 3.30. The van der Waals surface area contributed by atoms with Crippen molar-refractivity contribution < 1.29 is 13.9 Å². The van der Waals surface area contributed by atoms with Gasteiger partial charge in [-0.1, -0.05) is 0 Å². The summed E-state index contributed by atoms with van der Waals surface area (Å²) < 4.78 is 10.9. The maximum absolute atomic E-state index is 12.4. The molecule has 2 saturated heterocycles. The van der Waals surface area contributed by atoms with E-state index in [9.17, 15) is 4.79 Å². The summed E-state index contributed by atoms with van der Waals surface area (Å²) >= 11 is 0. The largest absolute Gasteiger partial charge is 0.459 e. The van der Waals surface area contributed by atoms with Gasteiger partial charge in [-0.25, -0.2) is 4.98 Å². The van der Waals surface area contributed by atoms with Crippen molar-refractivity contribution in [2.24, 2.45) is 0 Å². The fraction of sp³-hybridized carbons (Fsp3) is 0.526. The highest BCUT2D eigenvalue weighted by atomic mass is 16.5. The highest BCUT2D eigenvalue weighted by Crippen LogP contribution is 2.19. The number of piperazine rings is 1. The molecule has 0 aromatic carbocycles. The lowest BCUT2D eigenvalue weighted by molar-refractivity contribution is 0.0714. The quantitative estimate of drug-likeness (QED) is 0.860. The lowest BCUT2D eigenvalue weighted by Crippen LogP contribution is -2.49. The van der Waals surface area contributed by atoms with Crippen LogP contribution in [0.2, 0.25) is 0 Å². The third-order valence-electron chi connectivity index (χ3n) is 4.98. The van der Waals surface area contributed by atoms with Gasteiger partial charge in [0.05, 0.1) is 12.4 Å². The second kappa shape index (κ2) is 7.96. The Kier molecular flexibility index (Phi) is 5.24. The van der Waals surface area contributed by atoms with Crippen molar-refractivity contribution in [3.8, 4) is 0 Å². The van der Waals surface area contributed by atoms with Gasteiger partial charge in [0, 0.05) is 51.1 Å². The van der Waals surface area contributed by atoms with Crippen LogP contribution >= 0.6 is 0 Å². The van der Waals surface area contributed by atoms with Gasteiger partial charge in [0.2, 0.25) is 5.95 Å². The molecule has 0 spiro atoms. The number of hydrogen-bond donors (Lipinski definition) is 1. The normalized spacial score (nSPS) is 20.1. The van der Waals surface area contributed by atoms with Crippen molar-refractivity contribution in [1.29, 1.82) is 0 Å². The summed E-state index contributed by atoms with van der Waals surface area (Å²) in [6, 6.07) is 5.42. The zero-order chi connectivity index (χ0) is 18.6. The number of ether oxygens (including phenoxy) is 1. The molecule has 2 aliphatic rings. The molecule has 1 N–H and O–H groups in total. The summed E-state index contributed by atoms with van der Waals surface area (Å²) in [5.74, 6) is 1.86. The van der Waals surface area contributed by atoms with Crippen molar-refractivity contribution in [3.63, 3.8) is 0 Å². The van der Waals surface area contributed by atoms with Gasteiger partial charge in [-0.2, -0.15) is 4.98 Å². The smallest absolute Gasteiger partial charge is 0.289 e. The van der Waals surface area contributed by atoms with E-state index >= 15 is 0 Å². The van der Waals surface area contributed by atoms with Gasteiger partial charge in [-0.3, -0.25) is 4.79 Å². The van der Waals surface area contributed by atoms with Crippen LogP contribution in [0.5, 0.6) is 0 Å². The molecule has 1 atom stereocenters. The average molecular weight is 371 g/mol. The molecule has 4 heterocycles. The molecule has 0 aliphatic carbocycles. The van der Waals surface area contributed by atoms with Crippen molar-refractivity contribution in [3.05, 3.63) is 35.9 Å². The van der Waals surface area contributed by atoms with Gasteiger partial charge in [-0.05, 0) is 31.9 Å². The Morgan fingerprint density at radius 3 is 2.85 bits per heavy atom. The number of hydrogen-bond acceptors (Lipinski definition) is 7. The molecule has 2 fully saturated rings. The second-order valence-electron chi connectivity index (χ2n) is 6.96. The number of aryl methyl sites for hydroxylation is 1. The molecule has 8 nitrogen and oxygen atoms in total. The monoisotopic (exact) mass is 371 g/mol. The van der Waals surface area contributed by atoms with E-state index in [0.717, 1.165) is 50.6 Å². The molecule has 1 unspecified atom stereocenters. The van der Waals surface area contributed by atoms with E-state index in [1.165, 1.54) is 6.26 Å².